The van der Waals surface area contributed by atoms with Gasteiger partial charge in [0.15, 0.2) is 0 Å². The Hall–Kier alpha value is -2.38. The topological polar surface area (TPSA) is 78.8 Å². The van der Waals surface area contributed by atoms with E-state index < -0.39 is 22.5 Å². The Bertz CT molecular complexity index is 880. The summed E-state index contributed by atoms with van der Waals surface area (Å²) >= 11 is 6.04. The number of amides is 1. The molecule has 0 heterocycles. The highest BCUT2D eigenvalue weighted by atomic mass is 35.5. The SMILES string of the molecule is Cc1ccc(/C=N\NC(=O)CN(c2ccccc2Cl)S(C)(=O)=O)cc1. The van der Waals surface area contributed by atoms with Crippen LogP contribution in [0.5, 0.6) is 0 Å². The first-order valence-corrected chi connectivity index (χ1v) is 9.61. The second kappa shape index (κ2) is 8.13. The smallest absolute Gasteiger partial charge is 0.260 e. The van der Waals surface area contributed by atoms with Crippen molar-refractivity contribution in [2.24, 2.45) is 5.10 Å². The molecule has 8 heteroatoms. The molecule has 0 radical (unpaired) electrons. The predicted octanol–water partition coefficient (Wildman–Crippen LogP) is 2.56. The zero-order valence-electron chi connectivity index (χ0n) is 13.8. The minimum atomic E-state index is -3.68. The van der Waals surface area contributed by atoms with Gasteiger partial charge in [0.2, 0.25) is 10.0 Å². The normalized spacial score (nSPS) is 11.5. The van der Waals surface area contributed by atoms with Crippen LogP contribution in [0.25, 0.3) is 0 Å². The van der Waals surface area contributed by atoms with Gasteiger partial charge in [-0.1, -0.05) is 53.6 Å². The standard InChI is InChI=1S/C17H18ClN3O3S/c1-13-7-9-14(10-8-13)11-19-20-17(22)12-21(25(2,23)24)16-6-4-3-5-15(16)18/h3-11H,12H2,1-2H3,(H,20,22)/b19-11-. The lowest BCUT2D eigenvalue weighted by molar-refractivity contribution is -0.119. The Balaban J connectivity index is 2.08. The van der Waals surface area contributed by atoms with E-state index >= 15 is 0 Å². The van der Waals surface area contributed by atoms with Crippen molar-refractivity contribution < 1.29 is 13.2 Å². The van der Waals surface area contributed by atoms with Gasteiger partial charge in [0.1, 0.15) is 6.54 Å². The lowest BCUT2D eigenvalue weighted by Crippen LogP contribution is -2.39. The Kier molecular flexibility index (Phi) is 6.17. The van der Waals surface area contributed by atoms with Crippen molar-refractivity contribution in [2.75, 3.05) is 17.1 Å². The number of para-hydroxylation sites is 1. The highest BCUT2D eigenvalue weighted by molar-refractivity contribution is 7.92. The highest BCUT2D eigenvalue weighted by Gasteiger charge is 2.22. The van der Waals surface area contributed by atoms with E-state index in [9.17, 15) is 13.2 Å². The van der Waals surface area contributed by atoms with E-state index in [0.717, 1.165) is 21.7 Å². The molecule has 0 bridgehead atoms. The maximum Gasteiger partial charge on any atom is 0.260 e. The number of nitrogens with zero attached hydrogens (tertiary/aromatic N) is 2. The van der Waals surface area contributed by atoms with Gasteiger partial charge in [0.25, 0.3) is 5.91 Å². The third-order valence-electron chi connectivity index (χ3n) is 3.29. The summed E-state index contributed by atoms with van der Waals surface area (Å²) in [5.74, 6) is -0.575. The third kappa shape index (κ3) is 5.58. The van der Waals surface area contributed by atoms with Gasteiger partial charge in [0, 0.05) is 0 Å². The maximum atomic E-state index is 12.1. The predicted molar refractivity (Wildman–Crippen MR) is 101 cm³/mol. The van der Waals surface area contributed by atoms with Crippen LogP contribution in [0.3, 0.4) is 0 Å². The number of nitrogens with one attached hydrogen (secondary N) is 1. The van der Waals surface area contributed by atoms with E-state index in [1.807, 2.05) is 31.2 Å². The molecule has 0 aromatic heterocycles. The number of hydrogen-bond donors (Lipinski definition) is 1. The average molecular weight is 380 g/mol. The van der Waals surface area contributed by atoms with Crippen LogP contribution in [0.15, 0.2) is 53.6 Å². The summed E-state index contributed by atoms with van der Waals surface area (Å²) in [6, 6.07) is 14.0. The van der Waals surface area contributed by atoms with Gasteiger partial charge in [0.05, 0.1) is 23.2 Å². The lowest BCUT2D eigenvalue weighted by Gasteiger charge is -2.22. The molecule has 0 aliphatic heterocycles. The molecule has 6 nitrogen and oxygen atoms in total. The van der Waals surface area contributed by atoms with Crippen molar-refractivity contribution in [1.29, 1.82) is 0 Å². The van der Waals surface area contributed by atoms with Crippen molar-refractivity contribution in [2.45, 2.75) is 6.92 Å². The molecule has 2 aromatic carbocycles. The van der Waals surface area contributed by atoms with Crippen LogP contribution in [0.4, 0.5) is 5.69 Å². The molecule has 0 unspecified atom stereocenters. The molecule has 1 amide bonds. The number of hydrogen-bond acceptors (Lipinski definition) is 4. The number of carbonyl (C=O) groups excluding carboxylic acids is 1. The first kappa shape index (κ1) is 19.0. The minimum absolute atomic E-state index is 0.240. The van der Waals surface area contributed by atoms with Crippen LogP contribution < -0.4 is 9.73 Å². The van der Waals surface area contributed by atoms with Gasteiger partial charge in [-0.3, -0.25) is 9.10 Å². The number of benzene rings is 2. The van der Waals surface area contributed by atoms with Crippen LogP contribution in [-0.2, 0) is 14.8 Å². The quantitative estimate of drug-likeness (QED) is 0.618. The number of anilines is 1. The zero-order chi connectivity index (χ0) is 18.4. The molecule has 0 aliphatic rings. The largest absolute Gasteiger partial charge is 0.271 e. The van der Waals surface area contributed by atoms with Crippen LogP contribution in [-0.4, -0.2) is 33.3 Å². The zero-order valence-corrected chi connectivity index (χ0v) is 15.4. The van der Waals surface area contributed by atoms with Crippen LogP contribution in [0.1, 0.15) is 11.1 Å². The highest BCUT2D eigenvalue weighted by Crippen LogP contribution is 2.26. The van der Waals surface area contributed by atoms with Crippen molar-refractivity contribution in [3.8, 4) is 0 Å². The fourth-order valence-corrected chi connectivity index (χ4v) is 3.19. The van der Waals surface area contributed by atoms with Gasteiger partial charge in [-0.2, -0.15) is 5.10 Å². The summed E-state index contributed by atoms with van der Waals surface area (Å²) in [7, 11) is -3.68. The first-order valence-electron chi connectivity index (χ1n) is 7.38. The van der Waals surface area contributed by atoms with Crippen molar-refractivity contribution in [3.63, 3.8) is 0 Å². The van der Waals surface area contributed by atoms with Gasteiger partial charge in [-0.15, -0.1) is 0 Å². The second-order valence-corrected chi connectivity index (χ2v) is 7.74. The fraction of sp³-hybridized carbons (Fsp3) is 0.176. The van der Waals surface area contributed by atoms with E-state index in [1.54, 1.807) is 18.2 Å². The van der Waals surface area contributed by atoms with Crippen LogP contribution >= 0.6 is 11.6 Å². The molecule has 2 rings (SSSR count). The number of aryl methyl sites for hydroxylation is 1. The number of rotatable bonds is 6. The second-order valence-electron chi connectivity index (χ2n) is 5.42. The molecular weight excluding hydrogens is 362 g/mol. The molecule has 25 heavy (non-hydrogen) atoms. The Morgan fingerprint density at radius 2 is 1.84 bits per heavy atom. The molecule has 1 N–H and O–H groups in total. The van der Waals surface area contributed by atoms with Crippen molar-refractivity contribution in [3.05, 3.63) is 64.7 Å². The van der Waals surface area contributed by atoms with Gasteiger partial charge < -0.3 is 0 Å². The Labute approximate surface area is 152 Å². The summed E-state index contributed by atoms with van der Waals surface area (Å²) in [5, 5.41) is 4.08. The lowest BCUT2D eigenvalue weighted by atomic mass is 10.2. The number of hydrazone groups is 1. The van der Waals surface area contributed by atoms with E-state index in [-0.39, 0.29) is 10.7 Å². The molecule has 0 atom stereocenters. The summed E-state index contributed by atoms with van der Waals surface area (Å²) in [6.45, 7) is 1.55. The summed E-state index contributed by atoms with van der Waals surface area (Å²) in [5.41, 5.74) is 4.49. The average Bonchev–Trinajstić information content (AvgIpc) is 2.54. The van der Waals surface area contributed by atoms with Crippen LogP contribution in [0.2, 0.25) is 5.02 Å². The minimum Gasteiger partial charge on any atom is -0.271 e. The van der Waals surface area contributed by atoms with E-state index in [0.29, 0.717) is 0 Å². The number of sulfonamides is 1. The first-order chi connectivity index (χ1) is 11.8. The van der Waals surface area contributed by atoms with E-state index in [4.69, 9.17) is 11.6 Å². The van der Waals surface area contributed by atoms with E-state index in [2.05, 4.69) is 10.5 Å². The number of carbonyl (C=O) groups is 1. The maximum absolute atomic E-state index is 12.1. The Morgan fingerprint density at radius 1 is 1.20 bits per heavy atom. The molecule has 132 valence electrons. The van der Waals surface area contributed by atoms with Crippen molar-refractivity contribution >= 4 is 39.4 Å². The van der Waals surface area contributed by atoms with Gasteiger partial charge >= 0.3 is 0 Å². The Morgan fingerprint density at radius 3 is 2.44 bits per heavy atom. The molecule has 0 spiro atoms. The summed E-state index contributed by atoms with van der Waals surface area (Å²) in [6.07, 6.45) is 2.50. The van der Waals surface area contributed by atoms with Gasteiger partial charge in [-0.05, 0) is 24.6 Å². The molecule has 0 fully saturated rings. The van der Waals surface area contributed by atoms with Crippen LogP contribution in [0, 0.1) is 6.92 Å². The molecule has 0 saturated carbocycles. The molecule has 2 aromatic rings. The summed E-state index contributed by atoms with van der Waals surface area (Å²) < 4.78 is 24.9. The fourth-order valence-electron chi connectivity index (χ4n) is 2.03. The third-order valence-corrected chi connectivity index (χ3v) is 4.73. The molecular formula is C17H18ClN3O3S. The molecule has 0 aliphatic carbocycles. The van der Waals surface area contributed by atoms with Gasteiger partial charge in [-0.25, -0.2) is 13.8 Å². The van der Waals surface area contributed by atoms with E-state index in [1.165, 1.54) is 12.3 Å². The summed E-state index contributed by atoms with van der Waals surface area (Å²) in [4.78, 5) is 12.1. The molecule has 0 saturated heterocycles. The monoisotopic (exact) mass is 379 g/mol. The van der Waals surface area contributed by atoms with Crippen molar-refractivity contribution in [1.82, 2.24) is 5.43 Å². The number of halogens is 1.